The minimum Gasteiger partial charge on any atom is -0.493 e. The maximum atomic E-state index is 11.9. The number of rotatable bonds is 7. The summed E-state index contributed by atoms with van der Waals surface area (Å²) in [6.45, 7) is 2.26. The van der Waals surface area contributed by atoms with Crippen LogP contribution in [0.5, 0.6) is 17.2 Å². The monoisotopic (exact) mass is 282 g/mol. The van der Waals surface area contributed by atoms with Crippen LogP contribution in [0.2, 0.25) is 0 Å². The zero-order chi connectivity index (χ0) is 15.1. The summed E-state index contributed by atoms with van der Waals surface area (Å²) in [6, 6.07) is 3.46. The van der Waals surface area contributed by atoms with Crippen molar-refractivity contribution in [1.29, 1.82) is 0 Å². The third-order valence-electron chi connectivity index (χ3n) is 2.85. The van der Waals surface area contributed by atoms with E-state index in [-0.39, 0.29) is 18.4 Å². The molecular formula is C14H22N2O4. The Morgan fingerprint density at radius 2 is 1.75 bits per heavy atom. The quantitative estimate of drug-likeness (QED) is 0.770. The smallest absolute Gasteiger partial charge is 0.224 e. The van der Waals surface area contributed by atoms with E-state index in [2.05, 4.69) is 5.32 Å². The fourth-order valence-electron chi connectivity index (χ4n) is 1.81. The molecule has 1 aromatic rings. The lowest BCUT2D eigenvalue weighted by Gasteiger charge is -2.15. The molecule has 6 nitrogen and oxygen atoms in total. The van der Waals surface area contributed by atoms with Crippen molar-refractivity contribution in [2.24, 2.45) is 5.73 Å². The molecular weight excluding hydrogens is 260 g/mol. The highest BCUT2D eigenvalue weighted by Gasteiger charge is 2.15. The lowest BCUT2D eigenvalue weighted by molar-refractivity contribution is -0.120. The fraction of sp³-hybridized carbons (Fsp3) is 0.500. The van der Waals surface area contributed by atoms with E-state index in [0.29, 0.717) is 23.8 Å². The highest BCUT2D eigenvalue weighted by atomic mass is 16.5. The zero-order valence-electron chi connectivity index (χ0n) is 12.4. The van der Waals surface area contributed by atoms with E-state index in [1.165, 1.54) is 21.3 Å². The van der Waals surface area contributed by atoms with Crippen LogP contribution in [0.3, 0.4) is 0 Å². The molecule has 1 atom stereocenters. The predicted octanol–water partition coefficient (Wildman–Crippen LogP) is 0.718. The first kappa shape index (κ1) is 16.1. The maximum Gasteiger partial charge on any atom is 0.224 e. The SMILES string of the molecule is COc1cc(CC(=O)N[C@@H](C)CN)cc(OC)c1OC. The lowest BCUT2D eigenvalue weighted by Crippen LogP contribution is -2.38. The summed E-state index contributed by atoms with van der Waals surface area (Å²) in [5, 5.41) is 2.80. The van der Waals surface area contributed by atoms with E-state index >= 15 is 0 Å². The third-order valence-corrected chi connectivity index (χ3v) is 2.85. The molecule has 1 aromatic carbocycles. The Bertz CT molecular complexity index is 437. The van der Waals surface area contributed by atoms with Crippen molar-refractivity contribution < 1.29 is 19.0 Å². The molecule has 1 rings (SSSR count). The highest BCUT2D eigenvalue weighted by molar-refractivity contribution is 5.79. The van der Waals surface area contributed by atoms with Gasteiger partial charge in [-0.3, -0.25) is 4.79 Å². The van der Waals surface area contributed by atoms with E-state index in [1.54, 1.807) is 12.1 Å². The number of nitrogens with one attached hydrogen (secondary N) is 1. The Hall–Kier alpha value is -1.95. The number of methoxy groups -OCH3 is 3. The molecule has 112 valence electrons. The number of benzene rings is 1. The van der Waals surface area contributed by atoms with Crippen LogP contribution in [-0.4, -0.2) is 39.8 Å². The van der Waals surface area contributed by atoms with Gasteiger partial charge in [0.15, 0.2) is 11.5 Å². The second-order valence-corrected chi connectivity index (χ2v) is 4.41. The Labute approximate surface area is 119 Å². The number of hydrogen-bond acceptors (Lipinski definition) is 5. The number of ether oxygens (including phenoxy) is 3. The number of carbonyl (C=O) groups is 1. The van der Waals surface area contributed by atoms with Crippen LogP contribution in [0.25, 0.3) is 0 Å². The van der Waals surface area contributed by atoms with Gasteiger partial charge < -0.3 is 25.3 Å². The van der Waals surface area contributed by atoms with Gasteiger partial charge in [0.2, 0.25) is 11.7 Å². The molecule has 0 fully saturated rings. The number of nitrogens with two attached hydrogens (primary N) is 1. The van der Waals surface area contributed by atoms with E-state index in [4.69, 9.17) is 19.9 Å². The Balaban J connectivity index is 2.93. The second kappa shape index (κ2) is 7.59. The molecule has 20 heavy (non-hydrogen) atoms. The summed E-state index contributed by atoms with van der Waals surface area (Å²) in [6.07, 6.45) is 0.223. The average molecular weight is 282 g/mol. The summed E-state index contributed by atoms with van der Waals surface area (Å²) in [5.41, 5.74) is 6.25. The number of carbonyl (C=O) groups excluding carboxylic acids is 1. The molecule has 0 saturated heterocycles. The summed E-state index contributed by atoms with van der Waals surface area (Å²) >= 11 is 0. The van der Waals surface area contributed by atoms with Gasteiger partial charge in [0.1, 0.15) is 0 Å². The van der Waals surface area contributed by atoms with Crippen LogP contribution in [0.15, 0.2) is 12.1 Å². The molecule has 0 bridgehead atoms. The van der Waals surface area contributed by atoms with Crippen LogP contribution in [0, 0.1) is 0 Å². The molecule has 6 heteroatoms. The van der Waals surface area contributed by atoms with Crippen LogP contribution >= 0.6 is 0 Å². The summed E-state index contributed by atoms with van der Waals surface area (Å²) in [4.78, 5) is 11.9. The minimum atomic E-state index is -0.0998. The molecule has 3 N–H and O–H groups in total. The standard InChI is InChI=1S/C14H22N2O4/c1-9(8-15)16-13(17)7-10-5-11(18-2)14(20-4)12(6-10)19-3/h5-6,9H,7-8,15H2,1-4H3,(H,16,17)/t9-/m0/s1. The van der Waals surface area contributed by atoms with E-state index < -0.39 is 0 Å². The van der Waals surface area contributed by atoms with Crippen molar-refractivity contribution in [2.75, 3.05) is 27.9 Å². The molecule has 0 heterocycles. The van der Waals surface area contributed by atoms with Crippen LogP contribution in [0.4, 0.5) is 0 Å². The van der Waals surface area contributed by atoms with Gasteiger partial charge in [-0.25, -0.2) is 0 Å². The molecule has 0 aliphatic heterocycles. The molecule has 0 saturated carbocycles. The Kier molecular flexibility index (Phi) is 6.11. The summed E-state index contributed by atoms with van der Waals surface area (Å²) < 4.78 is 15.7. The van der Waals surface area contributed by atoms with Gasteiger partial charge in [0.05, 0.1) is 27.8 Å². The highest BCUT2D eigenvalue weighted by Crippen LogP contribution is 2.38. The molecule has 0 radical (unpaired) electrons. The van der Waals surface area contributed by atoms with Gasteiger partial charge >= 0.3 is 0 Å². The van der Waals surface area contributed by atoms with Crippen molar-refractivity contribution in [3.8, 4) is 17.2 Å². The Morgan fingerprint density at radius 3 is 2.15 bits per heavy atom. The molecule has 0 unspecified atom stereocenters. The molecule has 1 amide bonds. The van der Waals surface area contributed by atoms with Gasteiger partial charge in [0, 0.05) is 12.6 Å². The van der Waals surface area contributed by atoms with Gasteiger partial charge in [0.25, 0.3) is 0 Å². The topological polar surface area (TPSA) is 82.8 Å². The summed E-state index contributed by atoms with van der Waals surface area (Å²) in [7, 11) is 4.62. The second-order valence-electron chi connectivity index (χ2n) is 4.41. The van der Waals surface area contributed by atoms with Crippen molar-refractivity contribution in [3.05, 3.63) is 17.7 Å². The van der Waals surface area contributed by atoms with Gasteiger partial charge in [-0.05, 0) is 24.6 Å². The first-order valence-corrected chi connectivity index (χ1v) is 6.34. The minimum absolute atomic E-state index is 0.0514. The maximum absolute atomic E-state index is 11.9. The molecule has 0 aromatic heterocycles. The third kappa shape index (κ3) is 4.03. The first-order valence-electron chi connectivity index (χ1n) is 6.34. The van der Waals surface area contributed by atoms with Crippen molar-refractivity contribution in [2.45, 2.75) is 19.4 Å². The van der Waals surface area contributed by atoms with Gasteiger partial charge in [-0.15, -0.1) is 0 Å². The van der Waals surface area contributed by atoms with Crippen LogP contribution < -0.4 is 25.3 Å². The van der Waals surface area contributed by atoms with Crippen molar-refractivity contribution >= 4 is 5.91 Å². The molecule has 0 aliphatic rings. The number of amides is 1. The van der Waals surface area contributed by atoms with Gasteiger partial charge in [-0.2, -0.15) is 0 Å². The fourth-order valence-corrected chi connectivity index (χ4v) is 1.81. The normalized spacial score (nSPS) is 11.7. The number of hydrogen-bond donors (Lipinski definition) is 2. The summed E-state index contributed by atoms with van der Waals surface area (Å²) in [5.74, 6) is 1.47. The molecule has 0 spiro atoms. The van der Waals surface area contributed by atoms with Crippen molar-refractivity contribution in [3.63, 3.8) is 0 Å². The van der Waals surface area contributed by atoms with E-state index in [1.807, 2.05) is 6.92 Å². The average Bonchev–Trinajstić information content (AvgIpc) is 2.45. The Morgan fingerprint density at radius 1 is 1.20 bits per heavy atom. The first-order chi connectivity index (χ1) is 9.55. The van der Waals surface area contributed by atoms with Crippen molar-refractivity contribution in [1.82, 2.24) is 5.32 Å². The predicted molar refractivity (Wildman–Crippen MR) is 76.5 cm³/mol. The van der Waals surface area contributed by atoms with Gasteiger partial charge in [-0.1, -0.05) is 0 Å². The molecule has 0 aliphatic carbocycles. The van der Waals surface area contributed by atoms with Crippen LogP contribution in [0.1, 0.15) is 12.5 Å². The zero-order valence-corrected chi connectivity index (χ0v) is 12.4. The largest absolute Gasteiger partial charge is 0.493 e. The van der Waals surface area contributed by atoms with E-state index in [9.17, 15) is 4.79 Å². The van der Waals surface area contributed by atoms with Crippen LogP contribution in [-0.2, 0) is 11.2 Å². The van der Waals surface area contributed by atoms with E-state index in [0.717, 1.165) is 5.56 Å². The lowest BCUT2D eigenvalue weighted by atomic mass is 10.1.